The lowest BCUT2D eigenvalue weighted by Crippen LogP contribution is -2.49. The van der Waals surface area contributed by atoms with Crippen molar-refractivity contribution < 1.29 is 13.2 Å². The van der Waals surface area contributed by atoms with Crippen LogP contribution in [0.15, 0.2) is 35.2 Å². The van der Waals surface area contributed by atoms with Gasteiger partial charge in [0.25, 0.3) is 5.91 Å². The summed E-state index contributed by atoms with van der Waals surface area (Å²) < 4.78 is 23.4. The molecule has 0 radical (unpaired) electrons. The topological polar surface area (TPSA) is 83.5 Å². The highest BCUT2D eigenvalue weighted by Crippen LogP contribution is 2.19. The molecule has 1 aliphatic rings. The Labute approximate surface area is 157 Å². The summed E-state index contributed by atoms with van der Waals surface area (Å²) in [6, 6.07) is 7.85. The van der Waals surface area contributed by atoms with Gasteiger partial charge in [-0.15, -0.1) is 0 Å². The Balaban J connectivity index is 1.71. The Morgan fingerprint density at radius 1 is 1.12 bits per heavy atom. The summed E-state index contributed by atoms with van der Waals surface area (Å²) in [5.74, 6) is 1.17. The smallest absolute Gasteiger partial charge is 0.254 e. The fourth-order valence-corrected chi connectivity index (χ4v) is 3.75. The highest BCUT2D eigenvalue weighted by Gasteiger charge is 2.24. The predicted molar refractivity (Wildman–Crippen MR) is 99.4 cm³/mol. The standard InChI is InChI=1S/C17H19ClN4O3S/c1-12-19-15(18)11-16(20-12)21-6-8-22(9-7-21)17(23)13-4-3-5-14(10-13)26(2,24)25/h3-5,10-11H,6-9H2,1-2H3. The summed E-state index contributed by atoms with van der Waals surface area (Å²) in [6.45, 7) is 4.05. The van der Waals surface area contributed by atoms with Gasteiger partial charge in [0.1, 0.15) is 16.8 Å². The molecule has 0 spiro atoms. The second-order valence-corrected chi connectivity index (χ2v) is 8.58. The normalized spacial score (nSPS) is 15.2. The minimum Gasteiger partial charge on any atom is -0.353 e. The number of carbonyl (C=O) groups is 1. The van der Waals surface area contributed by atoms with Gasteiger partial charge in [0.15, 0.2) is 9.84 Å². The summed E-state index contributed by atoms with van der Waals surface area (Å²) in [6.07, 6.45) is 1.13. The molecule has 1 saturated heterocycles. The predicted octanol–water partition coefficient (Wildman–Crippen LogP) is 1.80. The molecule has 0 atom stereocenters. The van der Waals surface area contributed by atoms with Crippen molar-refractivity contribution in [3.8, 4) is 0 Å². The number of amides is 1. The summed E-state index contributed by atoms with van der Waals surface area (Å²) in [5.41, 5.74) is 0.377. The molecule has 1 aromatic carbocycles. The summed E-state index contributed by atoms with van der Waals surface area (Å²) in [4.78, 5) is 25.0. The van der Waals surface area contributed by atoms with Gasteiger partial charge in [-0.05, 0) is 25.1 Å². The van der Waals surface area contributed by atoms with E-state index >= 15 is 0 Å². The Morgan fingerprint density at radius 2 is 1.81 bits per heavy atom. The van der Waals surface area contributed by atoms with Gasteiger partial charge in [0.05, 0.1) is 4.90 Å². The maximum absolute atomic E-state index is 12.7. The van der Waals surface area contributed by atoms with Crippen LogP contribution in [0.3, 0.4) is 0 Å². The van der Waals surface area contributed by atoms with E-state index in [0.29, 0.717) is 42.7 Å². The van der Waals surface area contributed by atoms with Crippen molar-refractivity contribution in [2.45, 2.75) is 11.8 Å². The lowest BCUT2D eigenvalue weighted by molar-refractivity contribution is 0.0746. The van der Waals surface area contributed by atoms with Crippen molar-refractivity contribution in [2.75, 3.05) is 37.3 Å². The fourth-order valence-electron chi connectivity index (χ4n) is 2.86. The van der Waals surface area contributed by atoms with Crippen LogP contribution in [0.4, 0.5) is 5.82 Å². The van der Waals surface area contributed by atoms with E-state index in [4.69, 9.17) is 11.6 Å². The second kappa shape index (κ2) is 7.20. The first-order chi connectivity index (χ1) is 12.2. The highest BCUT2D eigenvalue weighted by molar-refractivity contribution is 7.90. The molecule has 138 valence electrons. The van der Waals surface area contributed by atoms with Crippen LogP contribution in [0.2, 0.25) is 5.15 Å². The molecule has 9 heteroatoms. The summed E-state index contributed by atoms with van der Waals surface area (Å²) in [7, 11) is -3.35. The van der Waals surface area contributed by atoms with Crippen molar-refractivity contribution in [2.24, 2.45) is 0 Å². The van der Waals surface area contributed by atoms with Crippen LogP contribution in [0.5, 0.6) is 0 Å². The van der Waals surface area contributed by atoms with Gasteiger partial charge in [-0.3, -0.25) is 4.79 Å². The Bertz CT molecular complexity index is 921. The Kier molecular flexibility index (Phi) is 5.15. The highest BCUT2D eigenvalue weighted by atomic mass is 35.5. The SMILES string of the molecule is Cc1nc(Cl)cc(N2CCN(C(=O)c3cccc(S(C)(=O)=O)c3)CC2)n1. The van der Waals surface area contributed by atoms with E-state index in [1.165, 1.54) is 12.1 Å². The first-order valence-electron chi connectivity index (χ1n) is 8.09. The van der Waals surface area contributed by atoms with E-state index in [2.05, 4.69) is 14.9 Å². The minimum absolute atomic E-state index is 0.146. The number of sulfone groups is 1. The molecule has 2 aromatic rings. The second-order valence-electron chi connectivity index (χ2n) is 6.18. The lowest BCUT2D eigenvalue weighted by Gasteiger charge is -2.35. The third-order valence-corrected chi connectivity index (χ3v) is 5.50. The van der Waals surface area contributed by atoms with Crippen molar-refractivity contribution in [1.29, 1.82) is 0 Å². The van der Waals surface area contributed by atoms with Crippen LogP contribution in [0.1, 0.15) is 16.2 Å². The number of aromatic nitrogens is 2. The number of halogens is 1. The minimum atomic E-state index is -3.35. The molecule has 1 aliphatic heterocycles. The molecule has 0 N–H and O–H groups in total. The number of nitrogens with zero attached hydrogens (tertiary/aromatic N) is 4. The third kappa shape index (κ3) is 4.13. The first kappa shape index (κ1) is 18.6. The molecule has 7 nitrogen and oxygen atoms in total. The van der Waals surface area contributed by atoms with E-state index in [0.717, 1.165) is 12.1 Å². The maximum atomic E-state index is 12.7. The van der Waals surface area contributed by atoms with Crippen LogP contribution < -0.4 is 4.90 Å². The first-order valence-corrected chi connectivity index (χ1v) is 10.4. The summed E-state index contributed by atoms with van der Waals surface area (Å²) >= 11 is 5.99. The third-order valence-electron chi connectivity index (χ3n) is 4.19. The average molecular weight is 395 g/mol. The number of rotatable bonds is 3. The molecular weight excluding hydrogens is 376 g/mol. The molecule has 1 aromatic heterocycles. The van der Waals surface area contributed by atoms with E-state index in [9.17, 15) is 13.2 Å². The quantitative estimate of drug-likeness (QED) is 0.738. The number of hydrogen-bond donors (Lipinski definition) is 0. The molecule has 0 aliphatic carbocycles. The van der Waals surface area contributed by atoms with E-state index in [-0.39, 0.29) is 10.8 Å². The Hall–Kier alpha value is -2.19. The van der Waals surface area contributed by atoms with Crippen molar-refractivity contribution in [3.63, 3.8) is 0 Å². The van der Waals surface area contributed by atoms with E-state index in [1.807, 2.05) is 0 Å². The van der Waals surface area contributed by atoms with Gasteiger partial charge in [0.2, 0.25) is 0 Å². The molecule has 0 saturated carbocycles. The van der Waals surface area contributed by atoms with Crippen LogP contribution in [-0.4, -0.2) is 61.6 Å². The molecule has 3 rings (SSSR count). The fraction of sp³-hybridized carbons (Fsp3) is 0.353. The Morgan fingerprint density at radius 3 is 2.42 bits per heavy atom. The van der Waals surface area contributed by atoms with Crippen LogP contribution in [-0.2, 0) is 9.84 Å². The zero-order valence-corrected chi connectivity index (χ0v) is 16.1. The molecule has 26 heavy (non-hydrogen) atoms. The number of aryl methyl sites for hydroxylation is 1. The molecule has 2 heterocycles. The molecule has 1 amide bonds. The monoisotopic (exact) mass is 394 g/mol. The van der Waals surface area contributed by atoms with Crippen molar-refractivity contribution >= 4 is 33.2 Å². The van der Waals surface area contributed by atoms with Gasteiger partial charge in [-0.25, -0.2) is 18.4 Å². The van der Waals surface area contributed by atoms with Gasteiger partial charge >= 0.3 is 0 Å². The van der Waals surface area contributed by atoms with Crippen LogP contribution in [0.25, 0.3) is 0 Å². The summed E-state index contributed by atoms with van der Waals surface area (Å²) in [5, 5.41) is 0.392. The average Bonchev–Trinajstić information content (AvgIpc) is 2.60. The van der Waals surface area contributed by atoms with Gasteiger partial charge in [-0.2, -0.15) is 0 Å². The zero-order chi connectivity index (χ0) is 18.9. The van der Waals surface area contributed by atoms with Crippen LogP contribution in [0, 0.1) is 6.92 Å². The van der Waals surface area contributed by atoms with E-state index in [1.54, 1.807) is 30.0 Å². The number of carbonyl (C=O) groups excluding carboxylic acids is 1. The number of anilines is 1. The number of benzene rings is 1. The zero-order valence-electron chi connectivity index (χ0n) is 14.5. The number of hydrogen-bond acceptors (Lipinski definition) is 6. The largest absolute Gasteiger partial charge is 0.353 e. The molecule has 1 fully saturated rings. The van der Waals surface area contributed by atoms with E-state index < -0.39 is 9.84 Å². The van der Waals surface area contributed by atoms with Gasteiger partial charge in [-0.1, -0.05) is 17.7 Å². The van der Waals surface area contributed by atoms with Crippen molar-refractivity contribution in [1.82, 2.24) is 14.9 Å². The van der Waals surface area contributed by atoms with Crippen molar-refractivity contribution in [3.05, 3.63) is 46.9 Å². The molecule has 0 bridgehead atoms. The lowest BCUT2D eigenvalue weighted by atomic mass is 10.2. The number of piperazine rings is 1. The van der Waals surface area contributed by atoms with Gasteiger partial charge in [0, 0.05) is 44.1 Å². The van der Waals surface area contributed by atoms with Gasteiger partial charge < -0.3 is 9.80 Å². The molecular formula is C17H19ClN4O3S. The van der Waals surface area contributed by atoms with Crippen LogP contribution >= 0.6 is 11.6 Å². The maximum Gasteiger partial charge on any atom is 0.254 e. The molecule has 0 unspecified atom stereocenters.